The van der Waals surface area contributed by atoms with E-state index in [1.807, 2.05) is 23.7 Å². The summed E-state index contributed by atoms with van der Waals surface area (Å²) in [5.74, 6) is 0.734. The monoisotopic (exact) mass is 427 g/mol. The molecule has 2 atom stereocenters. The maximum Gasteiger partial charge on any atom is 0.240 e. The minimum Gasteiger partial charge on any atom is -0.325 e. The number of benzene rings is 2. The molecule has 2 aromatic carbocycles. The van der Waals surface area contributed by atoms with Gasteiger partial charge in [-0.1, -0.05) is 67.5 Å². The quantitative estimate of drug-likeness (QED) is 0.629. The van der Waals surface area contributed by atoms with Crippen molar-refractivity contribution >= 4 is 35.0 Å². The topological polar surface area (TPSA) is 71.8 Å². The fourth-order valence-electron chi connectivity index (χ4n) is 3.32. The average molecular weight is 428 g/mol. The van der Waals surface area contributed by atoms with Crippen molar-refractivity contribution in [3.8, 4) is 0 Å². The number of nitrogens with zero attached hydrogens (tertiary/aromatic N) is 3. The number of aryl methyl sites for hydroxylation is 2. The van der Waals surface area contributed by atoms with Gasteiger partial charge in [0.15, 0.2) is 5.82 Å². The number of amides is 1. The normalized spacial score (nSPS) is 18.0. The van der Waals surface area contributed by atoms with Crippen LogP contribution in [0.25, 0.3) is 0 Å². The predicted octanol–water partition coefficient (Wildman–Crippen LogP) is 4.45. The molecule has 0 bridgehead atoms. The average Bonchev–Trinajstić information content (AvgIpc) is 3.15. The van der Waals surface area contributed by atoms with Crippen molar-refractivity contribution in [3.05, 3.63) is 70.5 Å². The molecule has 2 N–H and O–H groups in total. The SMILES string of the molecule is CCc1ccc([C@H]2Nn3c(CC)nnc3S[C@@H]2C(=O)Nc2cccc(Cl)c2)cc1. The predicted molar refractivity (Wildman–Crippen MR) is 117 cm³/mol. The third-order valence-corrected chi connectivity index (χ3v) is 6.37. The number of rotatable bonds is 5. The van der Waals surface area contributed by atoms with Crippen molar-refractivity contribution < 1.29 is 4.79 Å². The molecule has 0 radical (unpaired) electrons. The number of hydrogen-bond acceptors (Lipinski definition) is 5. The molecule has 1 amide bonds. The first-order valence-corrected chi connectivity index (χ1v) is 10.9. The zero-order chi connectivity index (χ0) is 20.4. The molecule has 1 aliphatic heterocycles. The molecule has 0 spiro atoms. The van der Waals surface area contributed by atoms with Gasteiger partial charge in [0, 0.05) is 17.1 Å². The number of anilines is 1. The Balaban J connectivity index is 1.66. The first kappa shape index (κ1) is 19.8. The van der Waals surface area contributed by atoms with E-state index in [0.717, 1.165) is 24.2 Å². The smallest absolute Gasteiger partial charge is 0.240 e. The van der Waals surface area contributed by atoms with Gasteiger partial charge in [0.2, 0.25) is 11.1 Å². The van der Waals surface area contributed by atoms with Crippen LogP contribution in [0.15, 0.2) is 53.7 Å². The maximum absolute atomic E-state index is 13.2. The highest BCUT2D eigenvalue weighted by atomic mass is 35.5. The molecule has 2 heterocycles. The highest BCUT2D eigenvalue weighted by Crippen LogP contribution is 2.37. The lowest BCUT2D eigenvalue weighted by Crippen LogP contribution is -2.41. The minimum atomic E-state index is -0.414. The molecule has 0 fully saturated rings. The molecule has 1 aliphatic rings. The number of carbonyl (C=O) groups excluding carboxylic acids is 1. The third kappa shape index (κ3) is 4.11. The Morgan fingerprint density at radius 1 is 1.17 bits per heavy atom. The second-order valence-corrected chi connectivity index (χ2v) is 8.37. The molecule has 8 heteroatoms. The highest BCUT2D eigenvalue weighted by molar-refractivity contribution is 8.00. The second-order valence-electron chi connectivity index (χ2n) is 6.83. The standard InChI is InChI=1S/C21H22ClN5OS/c1-3-13-8-10-14(11-9-13)18-19(20(28)23-16-7-5-6-15(22)12-16)29-21-25-24-17(4-2)27(21)26-18/h5-12,18-19,26H,3-4H2,1-2H3,(H,23,28)/t18-,19+/m1/s1. The second kappa shape index (κ2) is 8.47. The minimum absolute atomic E-state index is 0.110. The van der Waals surface area contributed by atoms with E-state index in [0.29, 0.717) is 15.9 Å². The molecule has 4 rings (SSSR count). The molecule has 0 aliphatic carbocycles. The van der Waals surface area contributed by atoms with Crippen LogP contribution in [-0.4, -0.2) is 26.0 Å². The summed E-state index contributed by atoms with van der Waals surface area (Å²) in [5, 5.41) is 12.3. The zero-order valence-electron chi connectivity index (χ0n) is 16.2. The lowest BCUT2D eigenvalue weighted by atomic mass is 10.0. The van der Waals surface area contributed by atoms with Crippen LogP contribution < -0.4 is 10.7 Å². The summed E-state index contributed by atoms with van der Waals surface area (Å²) in [6, 6.07) is 15.3. The summed E-state index contributed by atoms with van der Waals surface area (Å²) in [7, 11) is 0. The van der Waals surface area contributed by atoms with E-state index >= 15 is 0 Å². The lowest BCUT2D eigenvalue weighted by molar-refractivity contribution is -0.116. The van der Waals surface area contributed by atoms with Crippen molar-refractivity contribution in [1.29, 1.82) is 0 Å². The Labute approximate surface area is 179 Å². The van der Waals surface area contributed by atoms with Gasteiger partial charge in [-0.25, -0.2) is 4.68 Å². The molecule has 6 nitrogen and oxygen atoms in total. The van der Waals surface area contributed by atoms with Gasteiger partial charge in [0.25, 0.3) is 0 Å². The molecule has 1 aromatic heterocycles. The number of aromatic nitrogens is 3. The van der Waals surface area contributed by atoms with Crippen LogP contribution in [-0.2, 0) is 17.6 Å². The van der Waals surface area contributed by atoms with E-state index in [-0.39, 0.29) is 11.9 Å². The van der Waals surface area contributed by atoms with Gasteiger partial charge in [-0.2, -0.15) is 0 Å². The van der Waals surface area contributed by atoms with Gasteiger partial charge >= 0.3 is 0 Å². The Bertz CT molecular complexity index is 1020. The Hall–Kier alpha value is -2.51. The van der Waals surface area contributed by atoms with Crippen molar-refractivity contribution in [1.82, 2.24) is 14.9 Å². The number of hydrogen-bond donors (Lipinski definition) is 2. The Morgan fingerprint density at radius 2 is 1.97 bits per heavy atom. The summed E-state index contributed by atoms with van der Waals surface area (Å²) in [6.07, 6.45) is 1.73. The van der Waals surface area contributed by atoms with Crippen molar-refractivity contribution in [2.75, 3.05) is 10.7 Å². The van der Waals surface area contributed by atoms with Crippen LogP contribution in [0.1, 0.15) is 36.8 Å². The third-order valence-electron chi connectivity index (χ3n) is 4.92. The number of fused-ring (bicyclic) bond motifs is 1. The van der Waals surface area contributed by atoms with Crippen LogP contribution in [0.2, 0.25) is 5.02 Å². The summed E-state index contributed by atoms with van der Waals surface area (Å²) >= 11 is 7.48. The van der Waals surface area contributed by atoms with Crippen LogP contribution >= 0.6 is 23.4 Å². The summed E-state index contributed by atoms with van der Waals surface area (Å²) in [6.45, 7) is 4.16. The van der Waals surface area contributed by atoms with Crippen LogP contribution in [0.5, 0.6) is 0 Å². The molecule has 29 heavy (non-hydrogen) atoms. The summed E-state index contributed by atoms with van der Waals surface area (Å²) in [5.41, 5.74) is 6.44. The van der Waals surface area contributed by atoms with E-state index < -0.39 is 5.25 Å². The van der Waals surface area contributed by atoms with E-state index in [1.54, 1.807) is 12.1 Å². The van der Waals surface area contributed by atoms with E-state index in [9.17, 15) is 4.79 Å². The van der Waals surface area contributed by atoms with Gasteiger partial charge in [-0.15, -0.1) is 10.2 Å². The molecule has 0 unspecified atom stereocenters. The first-order chi connectivity index (χ1) is 14.1. The van der Waals surface area contributed by atoms with Crippen molar-refractivity contribution in [2.45, 2.75) is 43.1 Å². The van der Waals surface area contributed by atoms with E-state index in [1.165, 1.54) is 17.3 Å². The van der Waals surface area contributed by atoms with E-state index in [4.69, 9.17) is 11.6 Å². The highest BCUT2D eigenvalue weighted by Gasteiger charge is 2.37. The maximum atomic E-state index is 13.2. The van der Waals surface area contributed by atoms with Gasteiger partial charge in [0.1, 0.15) is 5.25 Å². The van der Waals surface area contributed by atoms with Gasteiger partial charge < -0.3 is 10.7 Å². The van der Waals surface area contributed by atoms with Gasteiger partial charge in [-0.05, 0) is 35.7 Å². The summed E-state index contributed by atoms with van der Waals surface area (Å²) in [4.78, 5) is 13.2. The molecule has 0 saturated carbocycles. The first-order valence-electron chi connectivity index (χ1n) is 9.61. The number of thioether (sulfide) groups is 1. The number of nitrogens with one attached hydrogen (secondary N) is 2. The van der Waals surface area contributed by atoms with Crippen molar-refractivity contribution in [3.63, 3.8) is 0 Å². The fraction of sp³-hybridized carbons (Fsp3) is 0.286. The largest absolute Gasteiger partial charge is 0.325 e. The molecule has 0 saturated heterocycles. The molecule has 150 valence electrons. The van der Waals surface area contributed by atoms with Gasteiger partial charge in [-0.3, -0.25) is 4.79 Å². The van der Waals surface area contributed by atoms with Gasteiger partial charge in [0.05, 0.1) is 6.04 Å². The molecule has 3 aromatic rings. The van der Waals surface area contributed by atoms with E-state index in [2.05, 4.69) is 52.1 Å². The fourth-order valence-corrected chi connectivity index (χ4v) is 4.61. The zero-order valence-corrected chi connectivity index (χ0v) is 17.8. The summed E-state index contributed by atoms with van der Waals surface area (Å²) < 4.78 is 1.90. The Morgan fingerprint density at radius 3 is 2.66 bits per heavy atom. The Kier molecular flexibility index (Phi) is 5.78. The number of halogens is 1. The van der Waals surface area contributed by atoms with Crippen molar-refractivity contribution in [2.24, 2.45) is 0 Å². The van der Waals surface area contributed by atoms with Crippen LogP contribution in [0.3, 0.4) is 0 Å². The molecular formula is C21H22ClN5OS. The van der Waals surface area contributed by atoms with Crippen LogP contribution in [0, 0.1) is 0 Å². The molecular weight excluding hydrogens is 406 g/mol. The number of carbonyl (C=O) groups is 1. The van der Waals surface area contributed by atoms with Crippen LogP contribution in [0.4, 0.5) is 5.69 Å². The lowest BCUT2D eigenvalue weighted by Gasteiger charge is -2.33.